The molecular weight excluding hydrogens is 333 g/mol. The fourth-order valence-corrected chi connectivity index (χ4v) is 2.96. The van der Waals surface area contributed by atoms with E-state index in [4.69, 9.17) is 5.73 Å². The summed E-state index contributed by atoms with van der Waals surface area (Å²) < 4.78 is 16.0. The number of hydrogen-bond donors (Lipinski definition) is 1. The Hall–Kier alpha value is -1.20. The maximum absolute atomic E-state index is 13.1. The largest absolute Gasteiger partial charge is 0.327 e. The van der Waals surface area contributed by atoms with Crippen LogP contribution in [0.2, 0.25) is 0 Å². The Balaban J connectivity index is 2.26. The van der Waals surface area contributed by atoms with E-state index in [1.807, 2.05) is 18.7 Å². The minimum absolute atomic E-state index is 0.103. The predicted octanol–water partition coefficient (Wildman–Crippen LogP) is 3.48. The minimum Gasteiger partial charge on any atom is -0.327 e. The summed E-state index contributed by atoms with van der Waals surface area (Å²) in [5.41, 5.74) is 9.26. The minimum atomic E-state index is -0.259. The third kappa shape index (κ3) is 3.19. The fraction of sp³-hybridized carbons (Fsp3) is 0.438. The van der Waals surface area contributed by atoms with Crippen LogP contribution < -0.4 is 5.73 Å². The Kier molecular flexibility index (Phi) is 4.54. The number of nitrogens with zero attached hydrogens (tertiary/aromatic N) is 2. The smallest absolute Gasteiger partial charge is 0.123 e. The van der Waals surface area contributed by atoms with E-state index >= 15 is 0 Å². The summed E-state index contributed by atoms with van der Waals surface area (Å²) in [5, 5.41) is 4.39. The van der Waals surface area contributed by atoms with Crippen LogP contribution in [0.25, 0.3) is 0 Å². The lowest BCUT2D eigenvalue weighted by molar-refractivity contribution is 0.398. The van der Waals surface area contributed by atoms with Gasteiger partial charge in [0.2, 0.25) is 0 Å². The number of aryl methyl sites for hydroxylation is 2. The Morgan fingerprint density at radius 2 is 1.90 bits per heavy atom. The topological polar surface area (TPSA) is 43.8 Å². The van der Waals surface area contributed by atoms with E-state index in [9.17, 15) is 4.39 Å². The van der Waals surface area contributed by atoms with Gasteiger partial charge in [-0.25, -0.2) is 4.39 Å². The molecular formula is C16H21BrFN3. The van der Waals surface area contributed by atoms with E-state index in [-0.39, 0.29) is 17.3 Å². The van der Waals surface area contributed by atoms with Crippen molar-refractivity contribution in [1.82, 2.24) is 9.78 Å². The van der Waals surface area contributed by atoms with Crippen LogP contribution in [0.5, 0.6) is 0 Å². The molecule has 0 spiro atoms. The Bertz CT molecular complexity index is 632. The highest BCUT2D eigenvalue weighted by Crippen LogP contribution is 2.30. The maximum Gasteiger partial charge on any atom is 0.123 e. The molecule has 2 rings (SSSR count). The van der Waals surface area contributed by atoms with Crippen LogP contribution in [-0.2, 0) is 18.9 Å². The molecule has 2 N–H and O–H groups in total. The number of benzene rings is 1. The number of hydrogen-bond acceptors (Lipinski definition) is 2. The molecule has 0 saturated heterocycles. The normalized spacial score (nSPS) is 13.5. The van der Waals surface area contributed by atoms with Crippen LogP contribution in [0.15, 0.2) is 28.7 Å². The first-order valence-corrected chi connectivity index (χ1v) is 7.72. The van der Waals surface area contributed by atoms with Crippen LogP contribution in [0.1, 0.15) is 30.8 Å². The fourth-order valence-electron chi connectivity index (χ4n) is 2.46. The molecule has 0 aliphatic heterocycles. The molecule has 0 amide bonds. The monoisotopic (exact) mass is 353 g/mol. The van der Waals surface area contributed by atoms with Crippen LogP contribution >= 0.6 is 15.9 Å². The number of halogens is 2. The van der Waals surface area contributed by atoms with Gasteiger partial charge in [0, 0.05) is 24.9 Å². The molecule has 0 fully saturated rings. The summed E-state index contributed by atoms with van der Waals surface area (Å²) in [7, 11) is 1.92. The van der Waals surface area contributed by atoms with Gasteiger partial charge in [0.15, 0.2) is 0 Å². The van der Waals surface area contributed by atoms with Crippen LogP contribution in [0.4, 0.5) is 4.39 Å². The number of nitrogens with two attached hydrogens (primary N) is 1. The highest BCUT2D eigenvalue weighted by Gasteiger charge is 2.30. The maximum atomic E-state index is 13.1. The van der Waals surface area contributed by atoms with Gasteiger partial charge in [-0.2, -0.15) is 5.10 Å². The summed E-state index contributed by atoms with van der Waals surface area (Å²) in [6.45, 7) is 6.13. The predicted molar refractivity (Wildman–Crippen MR) is 86.8 cm³/mol. The second kappa shape index (κ2) is 5.89. The third-order valence-corrected chi connectivity index (χ3v) is 5.22. The molecule has 1 aromatic heterocycles. The Labute approximate surface area is 133 Å². The lowest BCUT2D eigenvalue weighted by atomic mass is 9.76. The quantitative estimate of drug-likeness (QED) is 0.914. The molecule has 1 atom stereocenters. The van der Waals surface area contributed by atoms with E-state index in [2.05, 4.69) is 34.9 Å². The zero-order valence-corrected chi connectivity index (χ0v) is 14.4. The molecule has 3 nitrogen and oxygen atoms in total. The van der Waals surface area contributed by atoms with Gasteiger partial charge in [0.25, 0.3) is 0 Å². The van der Waals surface area contributed by atoms with Crippen LogP contribution in [0, 0.1) is 12.7 Å². The summed E-state index contributed by atoms with van der Waals surface area (Å²) in [6.07, 6.45) is 0.697. The summed E-state index contributed by atoms with van der Waals surface area (Å²) >= 11 is 3.57. The van der Waals surface area contributed by atoms with Gasteiger partial charge in [-0.1, -0.05) is 26.0 Å². The van der Waals surface area contributed by atoms with Crippen molar-refractivity contribution in [2.75, 3.05) is 0 Å². The van der Waals surface area contributed by atoms with Crippen molar-refractivity contribution < 1.29 is 4.39 Å². The van der Waals surface area contributed by atoms with Crippen molar-refractivity contribution in [3.05, 3.63) is 51.5 Å². The first kappa shape index (κ1) is 16.2. The molecule has 0 saturated carbocycles. The molecule has 1 heterocycles. The van der Waals surface area contributed by atoms with Gasteiger partial charge in [-0.05, 0) is 40.5 Å². The van der Waals surface area contributed by atoms with E-state index in [0.29, 0.717) is 6.42 Å². The zero-order valence-electron chi connectivity index (χ0n) is 12.8. The Morgan fingerprint density at radius 1 is 1.33 bits per heavy atom. The van der Waals surface area contributed by atoms with E-state index < -0.39 is 0 Å². The standard InChI is InChI=1S/C16H21BrFN3/c1-10-15(17)13(21(4)20-10)9-14(19)16(2,3)11-5-7-12(18)8-6-11/h5-8,14H,9,19H2,1-4H3. The lowest BCUT2D eigenvalue weighted by Crippen LogP contribution is -2.43. The highest BCUT2D eigenvalue weighted by atomic mass is 79.9. The molecule has 0 aliphatic carbocycles. The first-order valence-electron chi connectivity index (χ1n) is 6.93. The van der Waals surface area contributed by atoms with E-state index in [1.54, 1.807) is 12.1 Å². The summed E-state index contributed by atoms with van der Waals surface area (Å²) in [6, 6.07) is 6.47. The number of rotatable bonds is 4. The van der Waals surface area contributed by atoms with Crippen molar-refractivity contribution in [2.24, 2.45) is 12.8 Å². The molecule has 5 heteroatoms. The lowest BCUT2D eigenvalue weighted by Gasteiger charge is -2.32. The van der Waals surface area contributed by atoms with Crippen molar-refractivity contribution in [2.45, 2.75) is 38.6 Å². The molecule has 0 bridgehead atoms. The van der Waals surface area contributed by atoms with Crippen molar-refractivity contribution >= 4 is 15.9 Å². The Morgan fingerprint density at radius 3 is 2.38 bits per heavy atom. The molecule has 114 valence electrons. The average molecular weight is 354 g/mol. The van der Waals surface area contributed by atoms with Gasteiger partial charge in [0.05, 0.1) is 15.9 Å². The van der Waals surface area contributed by atoms with Crippen molar-refractivity contribution in [3.8, 4) is 0 Å². The SMILES string of the molecule is Cc1nn(C)c(CC(N)C(C)(C)c2ccc(F)cc2)c1Br. The molecule has 0 aliphatic rings. The second-order valence-electron chi connectivity index (χ2n) is 6.01. The highest BCUT2D eigenvalue weighted by molar-refractivity contribution is 9.10. The third-order valence-electron chi connectivity index (χ3n) is 4.19. The molecule has 1 unspecified atom stereocenters. The van der Waals surface area contributed by atoms with Crippen LogP contribution in [0.3, 0.4) is 0 Å². The molecule has 21 heavy (non-hydrogen) atoms. The van der Waals surface area contributed by atoms with Gasteiger partial charge in [-0.15, -0.1) is 0 Å². The van der Waals surface area contributed by atoms with Crippen LogP contribution in [-0.4, -0.2) is 15.8 Å². The van der Waals surface area contributed by atoms with Crippen molar-refractivity contribution in [3.63, 3.8) is 0 Å². The van der Waals surface area contributed by atoms with Gasteiger partial charge >= 0.3 is 0 Å². The zero-order chi connectivity index (χ0) is 15.8. The van der Waals surface area contributed by atoms with Gasteiger partial charge in [-0.3, -0.25) is 4.68 Å². The van der Waals surface area contributed by atoms with Gasteiger partial charge in [0.1, 0.15) is 5.82 Å². The molecule has 0 radical (unpaired) electrons. The van der Waals surface area contributed by atoms with Gasteiger partial charge < -0.3 is 5.73 Å². The summed E-state index contributed by atoms with van der Waals surface area (Å²) in [4.78, 5) is 0. The van der Waals surface area contributed by atoms with Crippen molar-refractivity contribution in [1.29, 1.82) is 0 Å². The van der Waals surface area contributed by atoms with E-state index in [1.165, 1.54) is 12.1 Å². The first-order chi connectivity index (χ1) is 9.73. The van der Waals surface area contributed by atoms with E-state index in [0.717, 1.165) is 21.4 Å². The number of aromatic nitrogens is 2. The molecule has 2 aromatic rings. The summed E-state index contributed by atoms with van der Waals surface area (Å²) in [5.74, 6) is -0.229. The molecule has 1 aromatic carbocycles. The second-order valence-corrected chi connectivity index (χ2v) is 6.80. The average Bonchev–Trinajstić information content (AvgIpc) is 2.65.